The molecule has 0 saturated heterocycles. The van der Waals surface area contributed by atoms with Gasteiger partial charge in [0.2, 0.25) is 0 Å². The average Bonchev–Trinajstić information content (AvgIpc) is 2.12. The summed E-state index contributed by atoms with van der Waals surface area (Å²) in [6, 6.07) is 3.82. The molecule has 1 atom stereocenters. The van der Waals surface area contributed by atoms with Gasteiger partial charge in [0, 0.05) is 5.56 Å². The zero-order valence-electron chi connectivity index (χ0n) is 7.84. The number of aromatic hydroxyl groups is 1. The van der Waals surface area contributed by atoms with Crippen LogP contribution in [0.5, 0.6) is 5.75 Å². The fourth-order valence-electron chi connectivity index (χ4n) is 1.42. The third-order valence-corrected chi connectivity index (χ3v) is 2.87. The van der Waals surface area contributed by atoms with Gasteiger partial charge < -0.3 is 10.8 Å². The molecule has 0 spiro atoms. The third kappa shape index (κ3) is 2.03. The van der Waals surface area contributed by atoms with E-state index in [0.29, 0.717) is 12.3 Å². The van der Waals surface area contributed by atoms with E-state index in [1.165, 1.54) is 0 Å². The van der Waals surface area contributed by atoms with E-state index in [4.69, 9.17) is 5.73 Å². The number of hydrogen-bond acceptors (Lipinski definition) is 2. The standard InChI is InChI=1S/C10H14BrNO/c1-6-3-4-8(11)10(13)9(6)7(2)5-12/h3-4,7,13H,5,12H2,1-2H3. The molecule has 0 bridgehead atoms. The zero-order chi connectivity index (χ0) is 10.0. The number of benzene rings is 1. The van der Waals surface area contributed by atoms with Crippen LogP contribution in [0.15, 0.2) is 16.6 Å². The van der Waals surface area contributed by atoms with Crippen LogP contribution in [0.2, 0.25) is 0 Å². The number of aryl methyl sites for hydroxylation is 1. The Labute approximate surface area is 86.9 Å². The van der Waals surface area contributed by atoms with E-state index in [-0.39, 0.29) is 5.92 Å². The molecule has 0 fully saturated rings. The second-order valence-electron chi connectivity index (χ2n) is 3.26. The molecule has 0 heterocycles. The van der Waals surface area contributed by atoms with Gasteiger partial charge in [-0.05, 0) is 46.9 Å². The highest BCUT2D eigenvalue weighted by molar-refractivity contribution is 9.10. The fourth-order valence-corrected chi connectivity index (χ4v) is 1.77. The highest BCUT2D eigenvalue weighted by atomic mass is 79.9. The lowest BCUT2D eigenvalue weighted by Gasteiger charge is -2.15. The predicted molar refractivity (Wildman–Crippen MR) is 58.0 cm³/mol. The molecule has 72 valence electrons. The van der Waals surface area contributed by atoms with Crippen LogP contribution in [0.3, 0.4) is 0 Å². The van der Waals surface area contributed by atoms with Crippen LogP contribution in [0.1, 0.15) is 24.0 Å². The molecule has 2 nitrogen and oxygen atoms in total. The van der Waals surface area contributed by atoms with Gasteiger partial charge in [-0.1, -0.05) is 13.0 Å². The minimum atomic E-state index is 0.192. The van der Waals surface area contributed by atoms with Crippen molar-refractivity contribution in [3.05, 3.63) is 27.7 Å². The Kier molecular flexibility index (Phi) is 3.33. The molecule has 0 aliphatic heterocycles. The molecule has 0 radical (unpaired) electrons. The van der Waals surface area contributed by atoms with Crippen LogP contribution < -0.4 is 5.73 Å². The largest absolute Gasteiger partial charge is 0.506 e. The van der Waals surface area contributed by atoms with Gasteiger partial charge in [-0.2, -0.15) is 0 Å². The summed E-state index contributed by atoms with van der Waals surface area (Å²) >= 11 is 3.29. The molecule has 0 amide bonds. The minimum Gasteiger partial charge on any atom is -0.506 e. The maximum Gasteiger partial charge on any atom is 0.133 e. The van der Waals surface area contributed by atoms with Gasteiger partial charge in [0.05, 0.1) is 4.47 Å². The number of rotatable bonds is 2. The molecule has 1 aromatic carbocycles. The van der Waals surface area contributed by atoms with Crippen molar-refractivity contribution >= 4 is 15.9 Å². The van der Waals surface area contributed by atoms with Crippen molar-refractivity contribution < 1.29 is 5.11 Å². The first-order chi connectivity index (χ1) is 6.07. The third-order valence-electron chi connectivity index (χ3n) is 2.23. The summed E-state index contributed by atoms with van der Waals surface area (Å²) in [6.07, 6.45) is 0. The van der Waals surface area contributed by atoms with Crippen molar-refractivity contribution in [2.45, 2.75) is 19.8 Å². The summed E-state index contributed by atoms with van der Waals surface area (Å²) in [5.74, 6) is 0.510. The van der Waals surface area contributed by atoms with Gasteiger partial charge in [0.15, 0.2) is 0 Å². The number of hydrogen-bond donors (Lipinski definition) is 2. The zero-order valence-corrected chi connectivity index (χ0v) is 9.43. The molecule has 3 heteroatoms. The molecule has 1 rings (SSSR count). The Morgan fingerprint density at radius 3 is 2.69 bits per heavy atom. The molecule has 1 unspecified atom stereocenters. The van der Waals surface area contributed by atoms with Crippen molar-refractivity contribution in [1.82, 2.24) is 0 Å². The Hall–Kier alpha value is -0.540. The van der Waals surface area contributed by atoms with E-state index in [0.717, 1.165) is 15.6 Å². The van der Waals surface area contributed by atoms with Gasteiger partial charge in [-0.25, -0.2) is 0 Å². The van der Waals surface area contributed by atoms with Gasteiger partial charge in [0.1, 0.15) is 5.75 Å². The molecule has 13 heavy (non-hydrogen) atoms. The number of phenolic OH excluding ortho intramolecular Hbond substituents is 1. The fraction of sp³-hybridized carbons (Fsp3) is 0.400. The number of phenols is 1. The maximum atomic E-state index is 9.78. The number of halogens is 1. The molecule has 0 aliphatic rings. The minimum absolute atomic E-state index is 0.192. The van der Waals surface area contributed by atoms with Crippen LogP contribution in [0.25, 0.3) is 0 Å². The van der Waals surface area contributed by atoms with Crippen molar-refractivity contribution in [2.24, 2.45) is 5.73 Å². The van der Waals surface area contributed by atoms with Gasteiger partial charge >= 0.3 is 0 Å². The van der Waals surface area contributed by atoms with Crippen molar-refractivity contribution in [3.63, 3.8) is 0 Å². The van der Waals surface area contributed by atoms with Crippen LogP contribution in [0, 0.1) is 6.92 Å². The van der Waals surface area contributed by atoms with Gasteiger partial charge in [0.25, 0.3) is 0 Å². The van der Waals surface area contributed by atoms with Crippen molar-refractivity contribution in [1.29, 1.82) is 0 Å². The Morgan fingerprint density at radius 1 is 1.54 bits per heavy atom. The first-order valence-corrected chi connectivity index (χ1v) is 5.05. The second kappa shape index (κ2) is 4.11. The van der Waals surface area contributed by atoms with Crippen molar-refractivity contribution in [3.8, 4) is 5.75 Å². The first-order valence-electron chi connectivity index (χ1n) is 4.26. The van der Waals surface area contributed by atoms with E-state index < -0.39 is 0 Å². The van der Waals surface area contributed by atoms with E-state index in [2.05, 4.69) is 15.9 Å². The summed E-state index contributed by atoms with van der Waals surface area (Å²) in [4.78, 5) is 0. The van der Waals surface area contributed by atoms with Crippen molar-refractivity contribution in [2.75, 3.05) is 6.54 Å². The second-order valence-corrected chi connectivity index (χ2v) is 4.12. The quantitative estimate of drug-likeness (QED) is 0.839. The lowest BCUT2D eigenvalue weighted by Crippen LogP contribution is -2.10. The Morgan fingerprint density at radius 2 is 2.15 bits per heavy atom. The van der Waals surface area contributed by atoms with Crippen LogP contribution >= 0.6 is 15.9 Å². The topological polar surface area (TPSA) is 46.2 Å². The molecule has 3 N–H and O–H groups in total. The van der Waals surface area contributed by atoms with Crippen LogP contribution in [-0.4, -0.2) is 11.7 Å². The average molecular weight is 244 g/mol. The van der Waals surface area contributed by atoms with E-state index in [9.17, 15) is 5.11 Å². The molecule has 0 saturated carbocycles. The predicted octanol–water partition coefficient (Wildman–Crippen LogP) is 2.53. The van der Waals surface area contributed by atoms with Crippen LogP contribution in [0.4, 0.5) is 0 Å². The summed E-state index contributed by atoms with van der Waals surface area (Å²) in [5.41, 5.74) is 7.59. The number of nitrogens with two attached hydrogens (primary N) is 1. The molecular formula is C10H14BrNO. The summed E-state index contributed by atoms with van der Waals surface area (Å²) < 4.78 is 0.730. The lowest BCUT2D eigenvalue weighted by molar-refractivity contribution is 0.459. The van der Waals surface area contributed by atoms with Gasteiger partial charge in [-0.3, -0.25) is 0 Å². The van der Waals surface area contributed by atoms with E-state index in [1.54, 1.807) is 0 Å². The first kappa shape index (κ1) is 10.5. The Balaban J connectivity index is 3.25. The van der Waals surface area contributed by atoms with E-state index >= 15 is 0 Å². The molecule has 0 aromatic heterocycles. The van der Waals surface area contributed by atoms with E-state index in [1.807, 2.05) is 26.0 Å². The summed E-state index contributed by atoms with van der Waals surface area (Å²) in [7, 11) is 0. The highest BCUT2D eigenvalue weighted by Gasteiger charge is 2.13. The monoisotopic (exact) mass is 243 g/mol. The lowest BCUT2D eigenvalue weighted by atomic mass is 9.95. The van der Waals surface area contributed by atoms with Crippen LogP contribution in [-0.2, 0) is 0 Å². The summed E-state index contributed by atoms with van der Waals surface area (Å²) in [6.45, 7) is 4.53. The molecule has 1 aromatic rings. The smallest absolute Gasteiger partial charge is 0.133 e. The maximum absolute atomic E-state index is 9.78. The highest BCUT2D eigenvalue weighted by Crippen LogP contribution is 2.34. The molecular weight excluding hydrogens is 230 g/mol. The Bertz CT molecular complexity index is 312. The normalized spacial score (nSPS) is 12.9. The molecule has 0 aliphatic carbocycles. The SMILES string of the molecule is Cc1ccc(Br)c(O)c1C(C)CN. The summed E-state index contributed by atoms with van der Waals surface area (Å²) in [5, 5.41) is 9.78. The van der Waals surface area contributed by atoms with Gasteiger partial charge in [-0.15, -0.1) is 0 Å².